The molecule has 0 aliphatic rings. The molecule has 2 heterocycles. The van der Waals surface area contributed by atoms with Gasteiger partial charge in [0.05, 0.1) is 31.5 Å². The van der Waals surface area contributed by atoms with Crippen LogP contribution in [-0.2, 0) is 0 Å². The zero-order valence-corrected chi connectivity index (χ0v) is 11.3. The predicted octanol–water partition coefficient (Wildman–Crippen LogP) is 1.45. The molecule has 100 valence electrons. The van der Waals surface area contributed by atoms with Crippen molar-refractivity contribution in [1.29, 1.82) is 0 Å². The quantitative estimate of drug-likeness (QED) is 0.790. The van der Waals surface area contributed by atoms with Crippen molar-refractivity contribution in [2.24, 2.45) is 0 Å². The number of hydrogen-bond donors (Lipinski definition) is 0. The molecule has 0 saturated heterocycles. The Morgan fingerprint density at radius 2 is 1.84 bits per heavy atom. The maximum absolute atomic E-state index is 10.9. The first-order valence-electron chi connectivity index (χ1n) is 5.28. The van der Waals surface area contributed by atoms with Crippen molar-refractivity contribution in [2.75, 3.05) is 14.2 Å². The lowest BCUT2D eigenvalue weighted by Gasteiger charge is -2.06. The van der Waals surface area contributed by atoms with E-state index in [1.165, 1.54) is 25.0 Å². The van der Waals surface area contributed by atoms with E-state index in [0.717, 1.165) is 0 Å². The lowest BCUT2D eigenvalue weighted by Crippen LogP contribution is -2.06. The van der Waals surface area contributed by atoms with Crippen LogP contribution in [-0.4, -0.2) is 40.3 Å². The smallest absolute Gasteiger partial charge is 0.258 e. The average Bonchev–Trinajstić information content (AvgIpc) is 2.72. The second-order valence-corrected chi connectivity index (χ2v) is 3.93. The Kier molecular flexibility index (Phi) is 3.66. The number of aryl methyl sites for hydroxylation is 1. The molecule has 0 aliphatic carbocycles. The molecule has 7 nitrogen and oxygen atoms in total. The predicted molar refractivity (Wildman–Crippen MR) is 67.4 cm³/mol. The zero-order chi connectivity index (χ0) is 14.0. The number of carbonyl (C=O) groups is 1. The van der Waals surface area contributed by atoms with Crippen LogP contribution in [0, 0.1) is 6.92 Å². The second-order valence-electron chi connectivity index (χ2n) is 3.57. The highest BCUT2D eigenvalue weighted by Gasteiger charge is 2.17. The Bertz CT molecular complexity index is 604. The third kappa shape index (κ3) is 2.37. The standard InChI is InChI=1S/C11H11ClN4O3/c1-6-7(5-17)10(12)16(15-6)11-13-8(18-2)4-9(14-11)19-3/h4-5H,1-3H3. The molecule has 0 amide bonds. The first kappa shape index (κ1) is 13.3. The van der Waals surface area contributed by atoms with E-state index in [9.17, 15) is 4.79 Å². The van der Waals surface area contributed by atoms with E-state index in [1.54, 1.807) is 6.92 Å². The summed E-state index contributed by atoms with van der Waals surface area (Å²) in [5.74, 6) is 0.773. The fourth-order valence-corrected chi connectivity index (χ4v) is 1.77. The summed E-state index contributed by atoms with van der Waals surface area (Å²) in [4.78, 5) is 19.1. The van der Waals surface area contributed by atoms with Gasteiger partial charge in [0, 0.05) is 0 Å². The number of hydrogen-bond acceptors (Lipinski definition) is 6. The van der Waals surface area contributed by atoms with Crippen LogP contribution in [0.25, 0.3) is 5.95 Å². The van der Waals surface area contributed by atoms with Crippen LogP contribution in [0.4, 0.5) is 0 Å². The van der Waals surface area contributed by atoms with Gasteiger partial charge in [-0.1, -0.05) is 11.6 Å². The van der Waals surface area contributed by atoms with Crippen molar-refractivity contribution >= 4 is 17.9 Å². The molecule has 2 rings (SSSR count). The molecule has 2 aromatic heterocycles. The van der Waals surface area contributed by atoms with Crippen molar-refractivity contribution in [3.05, 3.63) is 22.5 Å². The molecule has 8 heteroatoms. The summed E-state index contributed by atoms with van der Waals surface area (Å²) in [6.45, 7) is 1.67. The second kappa shape index (κ2) is 5.23. The number of aldehydes is 1. The molecule has 0 spiro atoms. The Balaban J connectivity index is 2.61. The van der Waals surface area contributed by atoms with Crippen LogP contribution in [0.2, 0.25) is 5.15 Å². The summed E-state index contributed by atoms with van der Waals surface area (Å²) >= 11 is 6.06. The van der Waals surface area contributed by atoms with Crippen molar-refractivity contribution in [2.45, 2.75) is 6.92 Å². The highest BCUT2D eigenvalue weighted by atomic mass is 35.5. The maximum Gasteiger partial charge on any atom is 0.258 e. The molecule has 0 saturated carbocycles. The van der Waals surface area contributed by atoms with E-state index in [4.69, 9.17) is 21.1 Å². The van der Waals surface area contributed by atoms with Gasteiger partial charge < -0.3 is 9.47 Å². The third-order valence-electron chi connectivity index (χ3n) is 2.44. The van der Waals surface area contributed by atoms with Crippen LogP contribution < -0.4 is 9.47 Å². The third-order valence-corrected chi connectivity index (χ3v) is 2.80. The van der Waals surface area contributed by atoms with Gasteiger partial charge in [-0.3, -0.25) is 4.79 Å². The van der Waals surface area contributed by atoms with Crippen LogP contribution in [0.1, 0.15) is 16.1 Å². The van der Waals surface area contributed by atoms with Crippen LogP contribution in [0.3, 0.4) is 0 Å². The number of ether oxygens (including phenoxy) is 2. The normalized spacial score (nSPS) is 10.3. The number of methoxy groups -OCH3 is 2. The van der Waals surface area contributed by atoms with Crippen LogP contribution in [0.5, 0.6) is 11.8 Å². The average molecular weight is 283 g/mol. The summed E-state index contributed by atoms with van der Waals surface area (Å²) in [7, 11) is 2.94. The molecule has 0 unspecified atom stereocenters. The Labute approximate surface area is 114 Å². The molecule has 0 fully saturated rings. The number of carbonyl (C=O) groups excluding carboxylic acids is 1. The molecule has 0 aromatic carbocycles. The number of nitrogens with zero attached hydrogens (tertiary/aromatic N) is 4. The van der Waals surface area contributed by atoms with E-state index in [2.05, 4.69) is 15.1 Å². The van der Waals surface area contributed by atoms with Gasteiger partial charge >= 0.3 is 0 Å². The van der Waals surface area contributed by atoms with Crippen molar-refractivity contribution in [1.82, 2.24) is 19.7 Å². The monoisotopic (exact) mass is 282 g/mol. The molecule has 2 aromatic rings. The number of rotatable bonds is 4. The summed E-state index contributed by atoms with van der Waals surface area (Å²) < 4.78 is 11.3. The topological polar surface area (TPSA) is 79.1 Å². The SMILES string of the molecule is COc1cc(OC)nc(-n2nc(C)c(C=O)c2Cl)n1. The molecule has 0 atom stereocenters. The Hall–Kier alpha value is -2.15. The highest BCUT2D eigenvalue weighted by molar-refractivity contribution is 6.32. The van der Waals surface area contributed by atoms with E-state index in [1.807, 2.05) is 0 Å². The summed E-state index contributed by atoms with van der Waals surface area (Å²) in [6, 6.07) is 1.52. The molecule has 19 heavy (non-hydrogen) atoms. The van der Waals surface area contributed by atoms with Gasteiger partial charge in [-0.15, -0.1) is 0 Å². The van der Waals surface area contributed by atoms with Crippen molar-refractivity contribution in [3.63, 3.8) is 0 Å². The van der Waals surface area contributed by atoms with Crippen molar-refractivity contribution < 1.29 is 14.3 Å². The highest BCUT2D eigenvalue weighted by Crippen LogP contribution is 2.23. The lowest BCUT2D eigenvalue weighted by molar-refractivity contribution is 0.112. The minimum absolute atomic E-state index is 0.141. The Morgan fingerprint density at radius 1 is 1.26 bits per heavy atom. The molecule has 0 aliphatic heterocycles. The van der Waals surface area contributed by atoms with Gasteiger partial charge in [-0.05, 0) is 6.92 Å². The molecular formula is C11H11ClN4O3. The van der Waals surface area contributed by atoms with Gasteiger partial charge in [0.15, 0.2) is 6.29 Å². The number of halogens is 1. The Morgan fingerprint density at radius 3 is 2.26 bits per heavy atom. The van der Waals surface area contributed by atoms with Gasteiger partial charge in [-0.25, -0.2) is 0 Å². The minimum Gasteiger partial charge on any atom is -0.481 e. The largest absolute Gasteiger partial charge is 0.481 e. The number of aromatic nitrogens is 4. The first-order chi connectivity index (χ1) is 9.10. The van der Waals surface area contributed by atoms with Crippen LogP contribution >= 0.6 is 11.6 Å². The van der Waals surface area contributed by atoms with Gasteiger partial charge in [-0.2, -0.15) is 19.7 Å². The summed E-state index contributed by atoms with van der Waals surface area (Å²) in [6.07, 6.45) is 0.637. The molecular weight excluding hydrogens is 272 g/mol. The summed E-state index contributed by atoms with van der Waals surface area (Å²) in [5.41, 5.74) is 0.789. The van der Waals surface area contributed by atoms with Gasteiger partial charge in [0.25, 0.3) is 5.95 Å². The van der Waals surface area contributed by atoms with E-state index < -0.39 is 0 Å². The van der Waals surface area contributed by atoms with E-state index in [0.29, 0.717) is 29.3 Å². The fourth-order valence-electron chi connectivity index (χ4n) is 1.47. The van der Waals surface area contributed by atoms with E-state index >= 15 is 0 Å². The van der Waals surface area contributed by atoms with Crippen LogP contribution in [0.15, 0.2) is 6.07 Å². The van der Waals surface area contributed by atoms with Gasteiger partial charge in [0.1, 0.15) is 5.15 Å². The molecule has 0 radical (unpaired) electrons. The zero-order valence-electron chi connectivity index (χ0n) is 10.5. The fraction of sp³-hybridized carbons (Fsp3) is 0.273. The van der Waals surface area contributed by atoms with Crippen molar-refractivity contribution in [3.8, 4) is 17.7 Å². The summed E-state index contributed by atoms with van der Waals surface area (Å²) in [5, 5.41) is 4.26. The minimum atomic E-state index is 0.141. The molecule has 0 bridgehead atoms. The maximum atomic E-state index is 10.9. The van der Waals surface area contributed by atoms with E-state index in [-0.39, 0.29) is 11.1 Å². The molecule has 0 N–H and O–H groups in total. The lowest BCUT2D eigenvalue weighted by atomic mass is 10.3. The first-order valence-corrected chi connectivity index (χ1v) is 5.66. The van der Waals surface area contributed by atoms with Gasteiger partial charge in [0.2, 0.25) is 11.8 Å².